The van der Waals surface area contributed by atoms with E-state index in [1.165, 1.54) is 0 Å². The first-order chi connectivity index (χ1) is 10.4. The highest BCUT2D eigenvalue weighted by molar-refractivity contribution is 5.95. The van der Waals surface area contributed by atoms with Gasteiger partial charge in [-0.2, -0.15) is 0 Å². The average Bonchev–Trinajstić information content (AvgIpc) is 2.53. The van der Waals surface area contributed by atoms with Crippen LogP contribution in [-0.2, 0) is 4.79 Å². The van der Waals surface area contributed by atoms with Gasteiger partial charge in [0.25, 0.3) is 5.91 Å². The smallest absolute Gasteiger partial charge is 0.254 e. The van der Waals surface area contributed by atoms with Crippen LogP contribution in [0.1, 0.15) is 24.2 Å². The fourth-order valence-corrected chi connectivity index (χ4v) is 2.59. The van der Waals surface area contributed by atoms with Crippen LogP contribution in [0, 0.1) is 5.92 Å². The Labute approximate surface area is 132 Å². The number of hydrogen-bond acceptors (Lipinski definition) is 3. The van der Waals surface area contributed by atoms with Crippen LogP contribution in [0.3, 0.4) is 0 Å². The number of piperazine rings is 1. The van der Waals surface area contributed by atoms with Crippen LogP contribution in [0.5, 0.6) is 0 Å². The lowest BCUT2D eigenvalue weighted by Gasteiger charge is -2.35. The van der Waals surface area contributed by atoms with Crippen molar-refractivity contribution in [2.75, 3.05) is 45.2 Å². The second-order valence-corrected chi connectivity index (χ2v) is 6.22. The van der Waals surface area contributed by atoms with Gasteiger partial charge in [0.1, 0.15) is 0 Å². The quantitative estimate of drug-likeness (QED) is 0.853. The van der Waals surface area contributed by atoms with Gasteiger partial charge in [0, 0.05) is 57.4 Å². The van der Waals surface area contributed by atoms with Crippen LogP contribution < -0.4 is 4.90 Å². The molecule has 1 saturated heterocycles. The van der Waals surface area contributed by atoms with Crippen LogP contribution in [0.4, 0.5) is 5.69 Å². The summed E-state index contributed by atoms with van der Waals surface area (Å²) in [4.78, 5) is 30.2. The second kappa shape index (κ2) is 6.81. The molecule has 0 aromatic heterocycles. The van der Waals surface area contributed by atoms with Gasteiger partial charge < -0.3 is 14.7 Å². The zero-order valence-electron chi connectivity index (χ0n) is 13.9. The zero-order chi connectivity index (χ0) is 16.3. The lowest BCUT2D eigenvalue weighted by Crippen LogP contribution is -2.51. The van der Waals surface area contributed by atoms with E-state index in [1.54, 1.807) is 0 Å². The lowest BCUT2D eigenvalue weighted by molar-refractivity contribution is -0.135. The maximum absolute atomic E-state index is 12.6. The SMILES string of the molecule is CC(C)C(=O)N1CCN(C(=O)c2cccc(N(C)C)c2)CC1. The molecule has 0 aliphatic carbocycles. The number of benzene rings is 1. The maximum atomic E-state index is 12.6. The first-order valence-corrected chi connectivity index (χ1v) is 7.75. The van der Waals surface area contributed by atoms with E-state index in [1.807, 2.05) is 66.9 Å². The summed E-state index contributed by atoms with van der Waals surface area (Å²) in [5, 5.41) is 0. The summed E-state index contributed by atoms with van der Waals surface area (Å²) in [6.45, 7) is 6.26. The van der Waals surface area contributed by atoms with Crippen LogP contribution >= 0.6 is 0 Å². The fraction of sp³-hybridized carbons (Fsp3) is 0.529. The first-order valence-electron chi connectivity index (χ1n) is 7.75. The molecule has 0 spiro atoms. The predicted molar refractivity (Wildman–Crippen MR) is 88.1 cm³/mol. The van der Waals surface area contributed by atoms with Crippen LogP contribution in [-0.4, -0.2) is 61.9 Å². The number of carbonyl (C=O) groups excluding carboxylic acids is 2. The van der Waals surface area contributed by atoms with E-state index in [0.29, 0.717) is 31.7 Å². The van der Waals surface area contributed by atoms with Gasteiger partial charge in [0.2, 0.25) is 5.91 Å². The molecule has 1 aromatic carbocycles. The molecule has 5 heteroatoms. The Balaban J connectivity index is 2.01. The number of rotatable bonds is 3. The van der Waals surface area contributed by atoms with E-state index < -0.39 is 0 Å². The third-order valence-electron chi connectivity index (χ3n) is 3.98. The molecular weight excluding hydrogens is 278 g/mol. The van der Waals surface area contributed by atoms with Crippen molar-refractivity contribution in [1.29, 1.82) is 0 Å². The Hall–Kier alpha value is -2.04. The van der Waals surface area contributed by atoms with Crippen molar-refractivity contribution < 1.29 is 9.59 Å². The van der Waals surface area contributed by atoms with E-state index in [9.17, 15) is 9.59 Å². The van der Waals surface area contributed by atoms with Gasteiger partial charge in [-0.05, 0) is 18.2 Å². The summed E-state index contributed by atoms with van der Waals surface area (Å²) in [5.41, 5.74) is 1.72. The van der Waals surface area contributed by atoms with Crippen molar-refractivity contribution in [3.63, 3.8) is 0 Å². The standard InChI is InChI=1S/C17H25N3O2/c1-13(2)16(21)19-8-10-20(11-9-19)17(22)14-6-5-7-15(12-14)18(3)4/h5-7,12-13H,8-11H2,1-4H3. The Kier molecular flexibility index (Phi) is 5.06. The van der Waals surface area contributed by atoms with Crippen molar-refractivity contribution >= 4 is 17.5 Å². The minimum absolute atomic E-state index is 0.0130. The summed E-state index contributed by atoms with van der Waals surface area (Å²) < 4.78 is 0. The zero-order valence-corrected chi connectivity index (χ0v) is 13.9. The number of carbonyl (C=O) groups is 2. The molecule has 22 heavy (non-hydrogen) atoms. The fourth-order valence-electron chi connectivity index (χ4n) is 2.59. The summed E-state index contributed by atoms with van der Waals surface area (Å²) in [6, 6.07) is 7.64. The molecule has 1 heterocycles. The molecule has 5 nitrogen and oxygen atoms in total. The largest absolute Gasteiger partial charge is 0.378 e. The topological polar surface area (TPSA) is 43.9 Å². The number of anilines is 1. The van der Waals surface area contributed by atoms with Gasteiger partial charge in [-0.15, -0.1) is 0 Å². The first kappa shape index (κ1) is 16.3. The van der Waals surface area contributed by atoms with Crippen molar-refractivity contribution in [2.45, 2.75) is 13.8 Å². The second-order valence-electron chi connectivity index (χ2n) is 6.22. The maximum Gasteiger partial charge on any atom is 0.254 e. The van der Waals surface area contributed by atoms with Crippen molar-refractivity contribution in [1.82, 2.24) is 9.80 Å². The minimum Gasteiger partial charge on any atom is -0.378 e. The molecule has 120 valence electrons. The highest BCUT2D eigenvalue weighted by Gasteiger charge is 2.26. The van der Waals surface area contributed by atoms with Crippen molar-refractivity contribution in [3.8, 4) is 0 Å². The molecule has 2 amide bonds. The predicted octanol–water partition coefficient (Wildman–Crippen LogP) is 1.69. The van der Waals surface area contributed by atoms with Crippen molar-refractivity contribution in [2.24, 2.45) is 5.92 Å². The molecule has 1 aliphatic heterocycles. The Bertz CT molecular complexity index is 547. The van der Waals surface area contributed by atoms with E-state index in [-0.39, 0.29) is 17.7 Å². The van der Waals surface area contributed by atoms with Crippen molar-refractivity contribution in [3.05, 3.63) is 29.8 Å². The summed E-state index contributed by atoms with van der Waals surface area (Å²) in [5.74, 6) is 0.223. The number of nitrogens with zero attached hydrogens (tertiary/aromatic N) is 3. The van der Waals surface area contributed by atoms with Gasteiger partial charge in [0.15, 0.2) is 0 Å². The average molecular weight is 303 g/mol. The van der Waals surface area contributed by atoms with Gasteiger partial charge in [-0.25, -0.2) is 0 Å². The number of amides is 2. The molecule has 0 unspecified atom stereocenters. The van der Waals surface area contributed by atoms with Crippen LogP contribution in [0.25, 0.3) is 0 Å². The normalized spacial score (nSPS) is 15.1. The van der Waals surface area contributed by atoms with Gasteiger partial charge in [0.05, 0.1) is 0 Å². The molecule has 1 aromatic rings. The highest BCUT2D eigenvalue weighted by Crippen LogP contribution is 2.16. The lowest BCUT2D eigenvalue weighted by atomic mass is 10.1. The van der Waals surface area contributed by atoms with E-state index >= 15 is 0 Å². The summed E-state index contributed by atoms with van der Waals surface area (Å²) in [7, 11) is 3.92. The van der Waals surface area contributed by atoms with Gasteiger partial charge in [-0.3, -0.25) is 9.59 Å². The van der Waals surface area contributed by atoms with E-state index in [2.05, 4.69) is 0 Å². The molecule has 0 bridgehead atoms. The van der Waals surface area contributed by atoms with Crippen LogP contribution in [0.15, 0.2) is 24.3 Å². The molecule has 0 radical (unpaired) electrons. The van der Waals surface area contributed by atoms with Gasteiger partial charge >= 0.3 is 0 Å². The van der Waals surface area contributed by atoms with Crippen LogP contribution in [0.2, 0.25) is 0 Å². The molecule has 0 atom stereocenters. The minimum atomic E-state index is 0.0130. The number of hydrogen-bond donors (Lipinski definition) is 0. The Morgan fingerprint density at radius 1 is 1.05 bits per heavy atom. The van der Waals surface area contributed by atoms with Gasteiger partial charge in [-0.1, -0.05) is 19.9 Å². The third-order valence-corrected chi connectivity index (χ3v) is 3.98. The monoisotopic (exact) mass is 303 g/mol. The Morgan fingerprint density at radius 3 is 2.18 bits per heavy atom. The van der Waals surface area contributed by atoms with E-state index in [4.69, 9.17) is 0 Å². The highest BCUT2D eigenvalue weighted by atomic mass is 16.2. The molecule has 2 rings (SSSR count). The summed E-state index contributed by atoms with van der Waals surface area (Å²) >= 11 is 0. The van der Waals surface area contributed by atoms with E-state index in [0.717, 1.165) is 5.69 Å². The molecule has 0 saturated carbocycles. The third kappa shape index (κ3) is 3.59. The Morgan fingerprint density at radius 2 is 1.64 bits per heavy atom. The molecule has 1 aliphatic rings. The summed E-state index contributed by atoms with van der Waals surface area (Å²) in [6.07, 6.45) is 0. The molecule has 0 N–H and O–H groups in total. The molecular formula is C17H25N3O2. The molecule has 1 fully saturated rings.